The van der Waals surface area contributed by atoms with Crippen molar-refractivity contribution in [3.8, 4) is 5.75 Å². The Balaban J connectivity index is 1.53. The summed E-state index contributed by atoms with van der Waals surface area (Å²) < 4.78 is 5.34. The molecule has 1 unspecified atom stereocenters. The third-order valence-electron chi connectivity index (χ3n) is 5.19. The zero-order chi connectivity index (χ0) is 19.3. The SMILES string of the molecule is COc1ccncc1CNC(=O)N1Cc2ccccc2C(c2ccccc2)C1. The summed E-state index contributed by atoms with van der Waals surface area (Å²) in [6.45, 7) is 1.64. The van der Waals surface area contributed by atoms with Gasteiger partial charge in [0, 0.05) is 43.5 Å². The van der Waals surface area contributed by atoms with E-state index in [4.69, 9.17) is 4.74 Å². The van der Waals surface area contributed by atoms with Crippen LogP contribution in [0.3, 0.4) is 0 Å². The molecule has 5 nitrogen and oxygen atoms in total. The summed E-state index contributed by atoms with van der Waals surface area (Å²) in [6, 6.07) is 20.5. The summed E-state index contributed by atoms with van der Waals surface area (Å²) in [5.41, 5.74) is 4.57. The first-order valence-electron chi connectivity index (χ1n) is 9.38. The molecule has 0 bridgehead atoms. The maximum atomic E-state index is 12.9. The normalized spacial score (nSPS) is 15.6. The number of carbonyl (C=O) groups is 1. The predicted octanol–water partition coefficient (Wildman–Crippen LogP) is 3.95. The Labute approximate surface area is 165 Å². The molecule has 0 saturated heterocycles. The average Bonchev–Trinajstić information content (AvgIpc) is 2.77. The number of hydrogen-bond acceptors (Lipinski definition) is 3. The second kappa shape index (κ2) is 8.13. The second-order valence-corrected chi connectivity index (χ2v) is 6.89. The Bertz CT molecular complexity index is 959. The standard InChI is InChI=1S/C23H23N3O2/c1-28-22-11-12-24-13-19(22)14-25-23(27)26-15-18-9-5-6-10-20(18)21(16-26)17-7-3-2-4-8-17/h2-13,21H,14-16H2,1H3,(H,25,27). The van der Waals surface area contributed by atoms with Gasteiger partial charge in [-0.2, -0.15) is 0 Å². The molecule has 142 valence electrons. The molecule has 5 heteroatoms. The molecular weight excluding hydrogens is 350 g/mol. The fraction of sp³-hybridized carbons (Fsp3) is 0.217. The van der Waals surface area contributed by atoms with Crippen LogP contribution in [0.2, 0.25) is 0 Å². The zero-order valence-corrected chi connectivity index (χ0v) is 15.8. The molecule has 28 heavy (non-hydrogen) atoms. The van der Waals surface area contributed by atoms with Crippen LogP contribution < -0.4 is 10.1 Å². The smallest absolute Gasteiger partial charge is 0.318 e. The first-order chi connectivity index (χ1) is 13.8. The highest BCUT2D eigenvalue weighted by atomic mass is 16.5. The zero-order valence-electron chi connectivity index (χ0n) is 15.8. The van der Waals surface area contributed by atoms with Gasteiger partial charge in [-0.3, -0.25) is 4.98 Å². The highest BCUT2D eigenvalue weighted by molar-refractivity contribution is 5.75. The number of methoxy groups -OCH3 is 1. The lowest BCUT2D eigenvalue weighted by molar-refractivity contribution is 0.188. The molecule has 0 saturated carbocycles. The molecular formula is C23H23N3O2. The summed E-state index contributed by atoms with van der Waals surface area (Å²) in [5.74, 6) is 0.895. The van der Waals surface area contributed by atoms with Crippen molar-refractivity contribution < 1.29 is 9.53 Å². The molecule has 3 aromatic rings. The number of hydrogen-bond donors (Lipinski definition) is 1. The topological polar surface area (TPSA) is 54.5 Å². The van der Waals surface area contributed by atoms with Crippen molar-refractivity contribution in [2.45, 2.75) is 19.0 Å². The van der Waals surface area contributed by atoms with Crippen LogP contribution in [0.1, 0.15) is 28.2 Å². The third kappa shape index (κ3) is 3.69. The van der Waals surface area contributed by atoms with Crippen LogP contribution in [0.25, 0.3) is 0 Å². The van der Waals surface area contributed by atoms with E-state index < -0.39 is 0 Å². The molecule has 1 atom stereocenters. The van der Waals surface area contributed by atoms with Gasteiger partial charge in [0.25, 0.3) is 0 Å². The van der Waals surface area contributed by atoms with E-state index in [-0.39, 0.29) is 11.9 Å². The molecule has 4 rings (SSSR count). The molecule has 2 aromatic carbocycles. The van der Waals surface area contributed by atoms with E-state index in [1.165, 1.54) is 16.7 Å². The van der Waals surface area contributed by atoms with Crippen molar-refractivity contribution in [1.29, 1.82) is 0 Å². The van der Waals surface area contributed by atoms with Gasteiger partial charge in [0.15, 0.2) is 0 Å². The van der Waals surface area contributed by atoms with Gasteiger partial charge in [-0.25, -0.2) is 4.79 Å². The molecule has 1 aromatic heterocycles. The highest BCUT2D eigenvalue weighted by Gasteiger charge is 2.28. The number of aromatic nitrogens is 1. The Hall–Kier alpha value is -3.34. The van der Waals surface area contributed by atoms with E-state index in [1.807, 2.05) is 29.2 Å². The number of nitrogens with zero attached hydrogens (tertiary/aromatic N) is 2. The van der Waals surface area contributed by atoms with Crippen LogP contribution in [0.5, 0.6) is 5.75 Å². The minimum absolute atomic E-state index is 0.0821. The van der Waals surface area contributed by atoms with Gasteiger partial charge in [-0.15, -0.1) is 0 Å². The highest BCUT2D eigenvalue weighted by Crippen LogP contribution is 2.33. The number of amides is 2. The van der Waals surface area contributed by atoms with Gasteiger partial charge in [0.1, 0.15) is 5.75 Å². The molecule has 0 fully saturated rings. The minimum atomic E-state index is -0.0821. The molecule has 0 aliphatic carbocycles. The van der Waals surface area contributed by atoms with E-state index >= 15 is 0 Å². The van der Waals surface area contributed by atoms with Crippen LogP contribution in [-0.4, -0.2) is 29.6 Å². The van der Waals surface area contributed by atoms with Crippen LogP contribution in [-0.2, 0) is 13.1 Å². The van der Waals surface area contributed by atoms with E-state index in [2.05, 4.69) is 40.6 Å². The summed E-state index contributed by atoms with van der Waals surface area (Å²) in [6.07, 6.45) is 3.40. The average molecular weight is 373 g/mol. The maximum absolute atomic E-state index is 12.9. The summed E-state index contributed by atoms with van der Waals surface area (Å²) in [4.78, 5) is 18.9. The lowest BCUT2D eigenvalue weighted by Crippen LogP contribution is -2.44. The van der Waals surface area contributed by atoms with Gasteiger partial charge in [0.05, 0.1) is 7.11 Å². The van der Waals surface area contributed by atoms with Gasteiger partial charge in [0.2, 0.25) is 0 Å². The quantitative estimate of drug-likeness (QED) is 0.753. The molecule has 0 radical (unpaired) electrons. The number of carbonyl (C=O) groups excluding carboxylic acids is 1. The van der Waals surface area contributed by atoms with Crippen molar-refractivity contribution >= 4 is 6.03 Å². The molecule has 1 N–H and O–H groups in total. The Morgan fingerprint density at radius 3 is 2.75 bits per heavy atom. The largest absolute Gasteiger partial charge is 0.496 e. The molecule has 1 aliphatic rings. The number of urea groups is 1. The number of pyridine rings is 1. The molecule has 2 heterocycles. The first-order valence-corrected chi connectivity index (χ1v) is 9.38. The molecule has 0 spiro atoms. The minimum Gasteiger partial charge on any atom is -0.496 e. The van der Waals surface area contributed by atoms with Crippen molar-refractivity contribution in [1.82, 2.24) is 15.2 Å². The van der Waals surface area contributed by atoms with Gasteiger partial charge >= 0.3 is 6.03 Å². The second-order valence-electron chi connectivity index (χ2n) is 6.89. The summed E-state index contributed by atoms with van der Waals surface area (Å²) in [5, 5.41) is 3.01. The van der Waals surface area contributed by atoms with E-state index in [0.717, 1.165) is 11.3 Å². The fourth-order valence-corrected chi connectivity index (χ4v) is 3.76. The molecule has 1 aliphatic heterocycles. The van der Waals surface area contributed by atoms with Gasteiger partial charge in [-0.1, -0.05) is 54.6 Å². The summed E-state index contributed by atoms with van der Waals surface area (Å²) >= 11 is 0. The Morgan fingerprint density at radius 2 is 1.93 bits per heavy atom. The monoisotopic (exact) mass is 373 g/mol. The Kier molecular flexibility index (Phi) is 5.24. The predicted molar refractivity (Wildman–Crippen MR) is 108 cm³/mol. The number of fused-ring (bicyclic) bond motifs is 1. The maximum Gasteiger partial charge on any atom is 0.318 e. The van der Waals surface area contributed by atoms with Gasteiger partial charge < -0.3 is 15.0 Å². The van der Waals surface area contributed by atoms with Crippen molar-refractivity contribution in [3.05, 3.63) is 95.3 Å². The van der Waals surface area contributed by atoms with Crippen molar-refractivity contribution in [3.63, 3.8) is 0 Å². The number of rotatable bonds is 4. The van der Waals surface area contributed by atoms with Gasteiger partial charge in [-0.05, 0) is 22.8 Å². The Morgan fingerprint density at radius 1 is 1.14 bits per heavy atom. The number of ether oxygens (including phenoxy) is 1. The summed E-state index contributed by atoms with van der Waals surface area (Å²) in [7, 11) is 1.62. The number of benzene rings is 2. The first kappa shape index (κ1) is 18.0. The van der Waals surface area contributed by atoms with Crippen LogP contribution >= 0.6 is 0 Å². The van der Waals surface area contributed by atoms with E-state index in [9.17, 15) is 4.79 Å². The van der Waals surface area contributed by atoms with E-state index in [0.29, 0.717) is 19.6 Å². The fourth-order valence-electron chi connectivity index (χ4n) is 3.76. The lowest BCUT2D eigenvalue weighted by Gasteiger charge is -2.35. The van der Waals surface area contributed by atoms with Crippen molar-refractivity contribution in [2.75, 3.05) is 13.7 Å². The van der Waals surface area contributed by atoms with Crippen LogP contribution in [0.4, 0.5) is 4.79 Å². The van der Waals surface area contributed by atoms with Crippen LogP contribution in [0, 0.1) is 0 Å². The van der Waals surface area contributed by atoms with E-state index in [1.54, 1.807) is 25.6 Å². The van der Waals surface area contributed by atoms with Crippen molar-refractivity contribution in [2.24, 2.45) is 0 Å². The lowest BCUT2D eigenvalue weighted by atomic mass is 9.85. The van der Waals surface area contributed by atoms with Crippen LogP contribution in [0.15, 0.2) is 73.1 Å². The third-order valence-corrected chi connectivity index (χ3v) is 5.19. The number of nitrogens with one attached hydrogen (secondary N) is 1. The molecule has 2 amide bonds.